The monoisotopic (exact) mass is 293 g/mol. The van der Waals surface area contributed by atoms with E-state index in [1.807, 2.05) is 19.3 Å². The molecule has 0 unspecified atom stereocenters. The summed E-state index contributed by atoms with van der Waals surface area (Å²) in [4.78, 5) is 4.27. The largest absolute Gasteiger partial charge is 0.313 e. The van der Waals surface area contributed by atoms with Crippen molar-refractivity contribution in [1.82, 2.24) is 14.9 Å². The van der Waals surface area contributed by atoms with Crippen LogP contribution in [-0.4, -0.2) is 16.1 Å². The van der Waals surface area contributed by atoms with E-state index in [4.69, 9.17) is 0 Å². The highest BCUT2D eigenvalue weighted by Gasteiger charge is 2.07. The summed E-state index contributed by atoms with van der Waals surface area (Å²) in [5.41, 5.74) is 2.45. The summed E-state index contributed by atoms with van der Waals surface area (Å²) in [6.45, 7) is 5.96. The zero-order valence-corrected chi connectivity index (χ0v) is 11.7. The third kappa shape index (κ3) is 2.76. The van der Waals surface area contributed by atoms with E-state index >= 15 is 0 Å². The van der Waals surface area contributed by atoms with E-state index in [1.165, 1.54) is 11.3 Å². The zero-order chi connectivity index (χ0) is 12.3. The Morgan fingerprint density at radius 3 is 2.88 bits per heavy atom. The van der Waals surface area contributed by atoms with Gasteiger partial charge in [-0.1, -0.05) is 22.9 Å². The second-order valence-electron chi connectivity index (χ2n) is 3.90. The molecule has 2 rings (SSSR count). The van der Waals surface area contributed by atoms with Crippen molar-refractivity contribution < 1.29 is 0 Å². The van der Waals surface area contributed by atoms with Crippen molar-refractivity contribution in [1.29, 1.82) is 0 Å². The number of imidazole rings is 1. The van der Waals surface area contributed by atoms with Gasteiger partial charge in [0.2, 0.25) is 0 Å². The predicted octanol–water partition coefficient (Wildman–Crippen LogP) is 3.05. The minimum absolute atomic E-state index is 0.864. The third-order valence-electron chi connectivity index (χ3n) is 2.69. The first-order valence-electron chi connectivity index (χ1n) is 5.72. The highest BCUT2D eigenvalue weighted by atomic mass is 79.9. The highest BCUT2D eigenvalue weighted by molar-refractivity contribution is 9.10. The molecule has 2 aromatic rings. The van der Waals surface area contributed by atoms with Crippen LogP contribution in [0.25, 0.3) is 5.69 Å². The van der Waals surface area contributed by atoms with Crippen molar-refractivity contribution in [2.75, 3.05) is 6.54 Å². The maximum absolute atomic E-state index is 4.27. The van der Waals surface area contributed by atoms with Gasteiger partial charge in [-0.05, 0) is 37.2 Å². The normalized spacial score (nSPS) is 10.8. The molecule has 0 amide bonds. The van der Waals surface area contributed by atoms with Crippen LogP contribution in [0.3, 0.4) is 0 Å². The lowest BCUT2D eigenvalue weighted by Crippen LogP contribution is -2.14. The summed E-state index contributed by atoms with van der Waals surface area (Å²) in [5, 5.41) is 3.36. The maximum atomic E-state index is 4.27. The van der Waals surface area contributed by atoms with Crippen molar-refractivity contribution in [3.63, 3.8) is 0 Å². The molecule has 0 saturated carbocycles. The molecule has 1 N–H and O–H groups in total. The van der Waals surface area contributed by atoms with Crippen molar-refractivity contribution in [2.45, 2.75) is 20.4 Å². The molecule has 17 heavy (non-hydrogen) atoms. The molecule has 90 valence electrons. The van der Waals surface area contributed by atoms with Gasteiger partial charge in [-0.25, -0.2) is 4.98 Å². The minimum atomic E-state index is 0.864. The first-order valence-corrected chi connectivity index (χ1v) is 6.51. The van der Waals surface area contributed by atoms with E-state index in [9.17, 15) is 0 Å². The van der Waals surface area contributed by atoms with Gasteiger partial charge < -0.3 is 9.88 Å². The Hall–Kier alpha value is -1.13. The Bertz CT molecular complexity index is 505. The molecule has 0 atom stereocenters. The van der Waals surface area contributed by atoms with Gasteiger partial charge in [0.25, 0.3) is 0 Å². The van der Waals surface area contributed by atoms with E-state index in [2.05, 4.69) is 55.9 Å². The van der Waals surface area contributed by atoms with Crippen LogP contribution in [-0.2, 0) is 6.54 Å². The summed E-state index contributed by atoms with van der Waals surface area (Å²) >= 11 is 3.52. The lowest BCUT2D eigenvalue weighted by Gasteiger charge is -2.12. The summed E-state index contributed by atoms with van der Waals surface area (Å²) < 4.78 is 3.21. The first-order chi connectivity index (χ1) is 8.22. The van der Waals surface area contributed by atoms with Crippen molar-refractivity contribution >= 4 is 15.9 Å². The molecule has 0 saturated heterocycles. The molecule has 0 radical (unpaired) electrons. The van der Waals surface area contributed by atoms with E-state index in [1.54, 1.807) is 0 Å². The fourth-order valence-corrected chi connectivity index (χ4v) is 2.23. The number of rotatable bonds is 4. The molecular formula is C13H16BrN3. The Kier molecular flexibility index (Phi) is 3.97. The first kappa shape index (κ1) is 12.3. The van der Waals surface area contributed by atoms with E-state index in [0.29, 0.717) is 0 Å². The van der Waals surface area contributed by atoms with Crippen LogP contribution in [0.15, 0.2) is 35.1 Å². The fourth-order valence-electron chi connectivity index (χ4n) is 1.82. The maximum Gasteiger partial charge on any atom is 0.110 e. The van der Waals surface area contributed by atoms with Crippen LogP contribution in [0.4, 0.5) is 0 Å². The SMILES string of the molecule is CCNCc1cc(Br)ccc1-n1ccnc1C. The van der Waals surface area contributed by atoms with Gasteiger partial charge in [0.05, 0.1) is 5.69 Å². The van der Waals surface area contributed by atoms with Crippen molar-refractivity contribution in [3.05, 3.63) is 46.5 Å². The number of halogens is 1. The van der Waals surface area contributed by atoms with Gasteiger partial charge in [-0.15, -0.1) is 0 Å². The minimum Gasteiger partial charge on any atom is -0.313 e. The molecule has 1 heterocycles. The molecule has 1 aromatic heterocycles. The molecule has 0 fully saturated rings. The van der Waals surface area contributed by atoms with Crippen LogP contribution in [0.5, 0.6) is 0 Å². The molecule has 0 aliphatic heterocycles. The number of benzene rings is 1. The van der Waals surface area contributed by atoms with Crippen molar-refractivity contribution in [3.8, 4) is 5.69 Å². The van der Waals surface area contributed by atoms with Crippen LogP contribution in [0.2, 0.25) is 0 Å². The molecule has 1 aromatic carbocycles. The van der Waals surface area contributed by atoms with Gasteiger partial charge in [0.1, 0.15) is 5.82 Å². The molecule has 4 heteroatoms. The van der Waals surface area contributed by atoms with Crippen LogP contribution in [0, 0.1) is 6.92 Å². The predicted molar refractivity (Wildman–Crippen MR) is 73.4 cm³/mol. The zero-order valence-electron chi connectivity index (χ0n) is 10.1. The van der Waals surface area contributed by atoms with E-state index in [0.717, 1.165) is 23.4 Å². The Balaban J connectivity index is 2.42. The lowest BCUT2D eigenvalue weighted by atomic mass is 10.1. The van der Waals surface area contributed by atoms with Gasteiger partial charge in [-0.2, -0.15) is 0 Å². The van der Waals surface area contributed by atoms with Gasteiger partial charge in [0, 0.05) is 23.4 Å². The van der Waals surface area contributed by atoms with Gasteiger partial charge >= 0.3 is 0 Å². The fraction of sp³-hybridized carbons (Fsp3) is 0.308. The summed E-state index contributed by atoms with van der Waals surface area (Å²) in [6, 6.07) is 6.33. The molecule has 0 aliphatic rings. The van der Waals surface area contributed by atoms with Crippen LogP contribution in [0.1, 0.15) is 18.3 Å². The number of hydrogen-bond donors (Lipinski definition) is 1. The number of nitrogens with zero attached hydrogens (tertiary/aromatic N) is 2. The summed E-state index contributed by atoms with van der Waals surface area (Å²) in [6.07, 6.45) is 3.82. The second-order valence-corrected chi connectivity index (χ2v) is 4.81. The Morgan fingerprint density at radius 2 is 2.24 bits per heavy atom. The molecule has 0 bridgehead atoms. The quantitative estimate of drug-likeness (QED) is 0.939. The second kappa shape index (κ2) is 5.47. The Labute approximate surface area is 110 Å². The summed E-state index contributed by atoms with van der Waals surface area (Å²) in [5.74, 6) is 1.00. The summed E-state index contributed by atoms with van der Waals surface area (Å²) in [7, 11) is 0. The molecule has 3 nitrogen and oxygen atoms in total. The average Bonchev–Trinajstić information content (AvgIpc) is 2.73. The number of hydrogen-bond acceptors (Lipinski definition) is 2. The van der Waals surface area contributed by atoms with Crippen molar-refractivity contribution in [2.24, 2.45) is 0 Å². The lowest BCUT2D eigenvalue weighted by molar-refractivity contribution is 0.721. The average molecular weight is 294 g/mol. The number of aromatic nitrogens is 2. The van der Waals surface area contributed by atoms with E-state index < -0.39 is 0 Å². The number of aryl methyl sites for hydroxylation is 1. The molecule has 0 aliphatic carbocycles. The highest BCUT2D eigenvalue weighted by Crippen LogP contribution is 2.21. The Morgan fingerprint density at radius 1 is 1.41 bits per heavy atom. The smallest absolute Gasteiger partial charge is 0.110 e. The molecule has 0 spiro atoms. The van der Waals surface area contributed by atoms with Gasteiger partial charge in [0.15, 0.2) is 0 Å². The van der Waals surface area contributed by atoms with Crippen LogP contribution < -0.4 is 5.32 Å². The standard InChI is InChI=1S/C13H16BrN3/c1-3-15-9-11-8-12(14)4-5-13(11)17-7-6-16-10(17)2/h4-8,15H,3,9H2,1-2H3. The van der Waals surface area contributed by atoms with E-state index in [-0.39, 0.29) is 0 Å². The number of nitrogens with one attached hydrogen (secondary N) is 1. The molecular weight excluding hydrogens is 278 g/mol. The third-order valence-corrected chi connectivity index (χ3v) is 3.19. The topological polar surface area (TPSA) is 29.9 Å². The van der Waals surface area contributed by atoms with Gasteiger partial charge in [-0.3, -0.25) is 0 Å². The van der Waals surface area contributed by atoms with Crippen LogP contribution >= 0.6 is 15.9 Å².